The molecule has 0 fully saturated rings. The zero-order chi connectivity index (χ0) is 17.1. The molecule has 2 heterocycles. The zero-order valence-corrected chi connectivity index (χ0v) is 13.7. The fourth-order valence-electron chi connectivity index (χ4n) is 2.40. The van der Waals surface area contributed by atoms with Gasteiger partial charge in [-0.3, -0.25) is 9.89 Å². The van der Waals surface area contributed by atoms with Crippen molar-refractivity contribution in [1.29, 1.82) is 0 Å². The summed E-state index contributed by atoms with van der Waals surface area (Å²) in [5.41, 5.74) is 6.29. The summed E-state index contributed by atoms with van der Waals surface area (Å²) in [5, 5.41) is 7.14. The van der Waals surface area contributed by atoms with Gasteiger partial charge < -0.3 is 0 Å². The Hall–Kier alpha value is -3.22. The predicted molar refractivity (Wildman–Crippen MR) is 93.8 cm³/mol. The van der Waals surface area contributed by atoms with Crippen LogP contribution in [0.5, 0.6) is 0 Å². The van der Waals surface area contributed by atoms with E-state index < -0.39 is 0 Å². The van der Waals surface area contributed by atoms with Crippen LogP contribution in [0.3, 0.4) is 0 Å². The Balaban J connectivity index is 1.85. The number of nitrogens with zero attached hydrogens (tertiary/aromatic N) is 4. The second-order valence-electron chi connectivity index (χ2n) is 5.47. The molecule has 24 heavy (non-hydrogen) atoms. The molecular formula is C17H18N6O. The van der Waals surface area contributed by atoms with Crippen molar-refractivity contribution in [2.75, 3.05) is 5.43 Å². The SMILES string of the molecule is Cc1cc(C)nc(N/N=C/c2c(C)[nH]n(-c3ccccc3)c2=O)n1. The molecule has 0 amide bonds. The van der Waals surface area contributed by atoms with Gasteiger partial charge in [-0.2, -0.15) is 5.10 Å². The van der Waals surface area contributed by atoms with E-state index in [-0.39, 0.29) is 5.56 Å². The summed E-state index contributed by atoms with van der Waals surface area (Å²) < 4.78 is 1.49. The molecule has 1 aromatic carbocycles. The van der Waals surface area contributed by atoms with E-state index in [9.17, 15) is 4.79 Å². The largest absolute Gasteiger partial charge is 0.295 e. The molecular weight excluding hydrogens is 304 g/mol. The van der Waals surface area contributed by atoms with Crippen molar-refractivity contribution in [3.8, 4) is 5.69 Å². The van der Waals surface area contributed by atoms with E-state index in [1.165, 1.54) is 10.9 Å². The summed E-state index contributed by atoms with van der Waals surface area (Å²) in [6.07, 6.45) is 1.48. The van der Waals surface area contributed by atoms with Crippen LogP contribution in [0.2, 0.25) is 0 Å². The number of anilines is 1. The lowest BCUT2D eigenvalue weighted by atomic mass is 10.3. The van der Waals surface area contributed by atoms with Gasteiger partial charge in [-0.05, 0) is 39.0 Å². The molecule has 0 aliphatic carbocycles. The summed E-state index contributed by atoms with van der Waals surface area (Å²) in [4.78, 5) is 21.0. The molecule has 0 aliphatic rings. The third-order valence-corrected chi connectivity index (χ3v) is 3.47. The van der Waals surface area contributed by atoms with E-state index in [1.54, 1.807) is 0 Å². The highest BCUT2D eigenvalue weighted by Crippen LogP contribution is 2.06. The highest BCUT2D eigenvalue weighted by Gasteiger charge is 2.10. The first-order valence-electron chi connectivity index (χ1n) is 7.53. The van der Waals surface area contributed by atoms with Gasteiger partial charge in [0.25, 0.3) is 5.56 Å². The summed E-state index contributed by atoms with van der Waals surface area (Å²) in [5.74, 6) is 0.403. The van der Waals surface area contributed by atoms with Crippen LogP contribution in [0.1, 0.15) is 22.6 Å². The first-order valence-corrected chi connectivity index (χ1v) is 7.53. The van der Waals surface area contributed by atoms with Gasteiger partial charge in [0.05, 0.1) is 17.5 Å². The van der Waals surface area contributed by atoms with E-state index in [1.807, 2.05) is 57.2 Å². The molecule has 3 rings (SSSR count). The van der Waals surface area contributed by atoms with E-state index in [2.05, 4.69) is 25.6 Å². The number of hydrazone groups is 1. The number of rotatable bonds is 4. The van der Waals surface area contributed by atoms with Gasteiger partial charge in [0.2, 0.25) is 5.95 Å². The van der Waals surface area contributed by atoms with Crippen molar-refractivity contribution < 1.29 is 0 Å². The average Bonchev–Trinajstić information content (AvgIpc) is 2.83. The van der Waals surface area contributed by atoms with Crippen molar-refractivity contribution in [3.05, 3.63) is 69.4 Å². The average molecular weight is 322 g/mol. The zero-order valence-electron chi connectivity index (χ0n) is 13.7. The lowest BCUT2D eigenvalue weighted by molar-refractivity contribution is 0.835. The highest BCUT2D eigenvalue weighted by atomic mass is 16.1. The summed E-state index contributed by atoms with van der Waals surface area (Å²) in [7, 11) is 0. The molecule has 0 aliphatic heterocycles. The Morgan fingerprint density at radius 2 is 1.79 bits per heavy atom. The number of para-hydroxylation sites is 1. The fourth-order valence-corrected chi connectivity index (χ4v) is 2.40. The molecule has 0 spiro atoms. The number of aryl methyl sites for hydroxylation is 3. The molecule has 0 atom stereocenters. The maximum atomic E-state index is 12.5. The lowest BCUT2D eigenvalue weighted by Gasteiger charge is -2.01. The Labute approximate surface area is 139 Å². The number of H-pyrrole nitrogens is 1. The van der Waals surface area contributed by atoms with E-state index >= 15 is 0 Å². The van der Waals surface area contributed by atoms with Gasteiger partial charge in [-0.1, -0.05) is 18.2 Å². The van der Waals surface area contributed by atoms with Gasteiger partial charge in [-0.15, -0.1) is 0 Å². The third-order valence-electron chi connectivity index (χ3n) is 3.47. The van der Waals surface area contributed by atoms with Crippen molar-refractivity contribution in [2.24, 2.45) is 5.10 Å². The van der Waals surface area contributed by atoms with Crippen LogP contribution in [-0.4, -0.2) is 26.0 Å². The smallest absolute Gasteiger partial charge is 0.280 e. The molecule has 0 saturated carbocycles. The molecule has 2 aromatic heterocycles. The molecule has 2 N–H and O–H groups in total. The van der Waals surface area contributed by atoms with Gasteiger partial charge in [0.15, 0.2) is 0 Å². The quantitative estimate of drug-likeness (QED) is 0.570. The predicted octanol–water partition coefficient (Wildman–Crippen LogP) is 2.33. The van der Waals surface area contributed by atoms with Gasteiger partial charge in [0.1, 0.15) is 0 Å². The molecule has 122 valence electrons. The highest BCUT2D eigenvalue weighted by molar-refractivity contribution is 5.81. The standard InChI is InChI=1S/C17H18N6O/c1-11-9-12(2)20-17(19-11)21-18-10-15-13(3)22-23(16(15)24)14-7-5-4-6-8-14/h4-10,22H,1-3H3,(H,19,20,21)/b18-10+. The maximum absolute atomic E-state index is 12.5. The van der Waals surface area contributed by atoms with Crippen LogP contribution >= 0.6 is 0 Å². The minimum absolute atomic E-state index is 0.161. The molecule has 7 nitrogen and oxygen atoms in total. The molecule has 0 bridgehead atoms. The topological polar surface area (TPSA) is 88.0 Å². The Kier molecular flexibility index (Phi) is 4.24. The van der Waals surface area contributed by atoms with Crippen LogP contribution in [0, 0.1) is 20.8 Å². The van der Waals surface area contributed by atoms with Gasteiger partial charge in [-0.25, -0.2) is 20.1 Å². The Morgan fingerprint density at radius 1 is 1.12 bits per heavy atom. The number of aromatic nitrogens is 4. The lowest BCUT2D eigenvalue weighted by Crippen LogP contribution is -2.17. The second kappa shape index (κ2) is 6.49. The number of aromatic amines is 1. The molecule has 7 heteroatoms. The van der Waals surface area contributed by atoms with Gasteiger partial charge in [0, 0.05) is 17.1 Å². The summed E-state index contributed by atoms with van der Waals surface area (Å²) >= 11 is 0. The molecule has 0 saturated heterocycles. The third kappa shape index (κ3) is 3.24. The summed E-state index contributed by atoms with van der Waals surface area (Å²) in [6, 6.07) is 11.3. The molecule has 3 aromatic rings. The number of benzene rings is 1. The normalized spacial score (nSPS) is 11.1. The minimum Gasteiger partial charge on any atom is -0.295 e. The number of nitrogens with one attached hydrogen (secondary N) is 2. The van der Waals surface area contributed by atoms with Crippen molar-refractivity contribution in [2.45, 2.75) is 20.8 Å². The fraction of sp³-hybridized carbons (Fsp3) is 0.176. The van der Waals surface area contributed by atoms with Crippen LogP contribution in [0.15, 0.2) is 46.3 Å². The number of hydrogen-bond acceptors (Lipinski definition) is 5. The van der Waals surface area contributed by atoms with E-state index in [4.69, 9.17) is 0 Å². The summed E-state index contributed by atoms with van der Waals surface area (Å²) in [6.45, 7) is 5.60. The molecule has 0 radical (unpaired) electrons. The maximum Gasteiger partial charge on any atom is 0.280 e. The Bertz CT molecular complexity index is 919. The molecule has 0 unspecified atom stereocenters. The van der Waals surface area contributed by atoms with Crippen LogP contribution < -0.4 is 11.0 Å². The minimum atomic E-state index is -0.161. The van der Waals surface area contributed by atoms with Gasteiger partial charge >= 0.3 is 0 Å². The van der Waals surface area contributed by atoms with Crippen LogP contribution in [0.4, 0.5) is 5.95 Å². The monoisotopic (exact) mass is 322 g/mol. The van der Waals surface area contributed by atoms with E-state index in [0.29, 0.717) is 11.5 Å². The number of hydrogen-bond donors (Lipinski definition) is 2. The van der Waals surface area contributed by atoms with E-state index in [0.717, 1.165) is 22.8 Å². The second-order valence-corrected chi connectivity index (χ2v) is 5.47. The Morgan fingerprint density at radius 3 is 2.46 bits per heavy atom. The van der Waals surface area contributed by atoms with Crippen molar-refractivity contribution in [1.82, 2.24) is 19.7 Å². The van der Waals surface area contributed by atoms with Crippen LogP contribution in [-0.2, 0) is 0 Å². The van der Waals surface area contributed by atoms with Crippen molar-refractivity contribution >= 4 is 12.2 Å². The first kappa shape index (κ1) is 15.7. The van der Waals surface area contributed by atoms with Crippen LogP contribution in [0.25, 0.3) is 5.69 Å². The first-order chi connectivity index (χ1) is 11.5. The van der Waals surface area contributed by atoms with Crippen molar-refractivity contribution in [3.63, 3.8) is 0 Å².